The Balaban J connectivity index is 2.69. The molecule has 1 aromatic rings. The molecule has 0 aromatic carbocycles. The molecule has 1 rings (SSSR count). The van der Waals surface area contributed by atoms with E-state index in [1.165, 1.54) is 0 Å². The second-order valence-electron chi connectivity index (χ2n) is 4.24. The fourth-order valence-electron chi connectivity index (χ4n) is 1.60. The molecule has 1 aromatic heterocycles. The largest absolute Gasteiger partial charge is 0.383 e. The van der Waals surface area contributed by atoms with Crippen LogP contribution in [0.5, 0.6) is 0 Å². The van der Waals surface area contributed by atoms with Crippen LogP contribution < -0.4 is 10.2 Å². The highest BCUT2D eigenvalue weighted by Crippen LogP contribution is 2.18. The highest BCUT2D eigenvalue weighted by molar-refractivity contribution is 5.53. The van der Waals surface area contributed by atoms with Crippen LogP contribution >= 0.6 is 0 Å². The van der Waals surface area contributed by atoms with Crippen molar-refractivity contribution in [1.29, 1.82) is 0 Å². The highest BCUT2D eigenvalue weighted by Gasteiger charge is 2.10. The lowest BCUT2D eigenvalue weighted by molar-refractivity contribution is 0.183. The van der Waals surface area contributed by atoms with Gasteiger partial charge in [0, 0.05) is 44.7 Å². The number of aromatic nitrogens is 1. The molecule has 1 N–H and O–H groups in total. The maximum absolute atomic E-state index is 5.17. The first-order valence-electron chi connectivity index (χ1n) is 6.10. The van der Waals surface area contributed by atoms with Crippen LogP contribution in [0.25, 0.3) is 0 Å². The third-order valence-corrected chi connectivity index (χ3v) is 2.78. The Kier molecular flexibility index (Phi) is 5.77. The van der Waals surface area contributed by atoms with Gasteiger partial charge >= 0.3 is 0 Å². The van der Waals surface area contributed by atoms with Crippen LogP contribution in [0.3, 0.4) is 0 Å². The smallest absolute Gasteiger partial charge is 0.127 e. The number of anilines is 2. The predicted molar refractivity (Wildman–Crippen MR) is 72.8 cm³/mol. The Bertz CT molecular complexity index is 330. The monoisotopic (exact) mass is 237 g/mol. The number of likely N-dealkylation sites (N-methyl/N-ethyl adjacent to an activating group) is 1. The van der Waals surface area contributed by atoms with Gasteiger partial charge in [0.1, 0.15) is 5.82 Å². The van der Waals surface area contributed by atoms with Gasteiger partial charge in [0.2, 0.25) is 0 Å². The van der Waals surface area contributed by atoms with Gasteiger partial charge in [0.05, 0.1) is 6.61 Å². The lowest BCUT2D eigenvalue weighted by Gasteiger charge is -2.26. The normalized spacial score (nSPS) is 12.2. The van der Waals surface area contributed by atoms with E-state index in [2.05, 4.69) is 42.2 Å². The molecular weight excluding hydrogens is 214 g/mol. The summed E-state index contributed by atoms with van der Waals surface area (Å²) in [6.07, 6.45) is 2.94. The Morgan fingerprint density at radius 1 is 1.53 bits per heavy atom. The molecule has 0 aliphatic carbocycles. The molecule has 0 fully saturated rings. The van der Waals surface area contributed by atoms with Gasteiger partial charge in [-0.1, -0.05) is 6.92 Å². The van der Waals surface area contributed by atoms with Crippen molar-refractivity contribution in [3.05, 3.63) is 18.3 Å². The fourth-order valence-corrected chi connectivity index (χ4v) is 1.60. The highest BCUT2D eigenvalue weighted by atomic mass is 16.5. The molecule has 0 radical (unpaired) electrons. The molecule has 17 heavy (non-hydrogen) atoms. The first-order chi connectivity index (χ1) is 8.19. The second-order valence-corrected chi connectivity index (χ2v) is 4.24. The number of methoxy groups -OCH3 is 1. The third-order valence-electron chi connectivity index (χ3n) is 2.78. The first-order valence-corrected chi connectivity index (χ1v) is 6.10. The van der Waals surface area contributed by atoms with E-state index in [1.807, 2.05) is 12.3 Å². The number of hydrogen-bond acceptors (Lipinski definition) is 4. The molecule has 1 heterocycles. The van der Waals surface area contributed by atoms with Gasteiger partial charge in [-0.3, -0.25) is 0 Å². The summed E-state index contributed by atoms with van der Waals surface area (Å²) in [5, 5.41) is 3.29. The van der Waals surface area contributed by atoms with E-state index in [9.17, 15) is 0 Å². The summed E-state index contributed by atoms with van der Waals surface area (Å²) >= 11 is 0. The number of pyridine rings is 1. The Hall–Kier alpha value is -1.29. The summed E-state index contributed by atoms with van der Waals surface area (Å²) in [6.45, 7) is 5.96. The van der Waals surface area contributed by atoms with E-state index in [1.54, 1.807) is 7.11 Å². The lowest BCUT2D eigenvalue weighted by Crippen LogP contribution is -2.32. The van der Waals surface area contributed by atoms with Crippen molar-refractivity contribution < 1.29 is 4.74 Å². The summed E-state index contributed by atoms with van der Waals surface area (Å²) in [6, 6.07) is 4.44. The quantitative estimate of drug-likeness (QED) is 0.790. The molecule has 0 aliphatic rings. The van der Waals surface area contributed by atoms with Crippen LogP contribution in [0.15, 0.2) is 18.3 Å². The van der Waals surface area contributed by atoms with Crippen molar-refractivity contribution in [1.82, 2.24) is 4.98 Å². The summed E-state index contributed by atoms with van der Waals surface area (Å²) < 4.78 is 5.17. The number of ether oxygens (including phenoxy) is 1. The van der Waals surface area contributed by atoms with Crippen molar-refractivity contribution in [3.8, 4) is 0 Å². The van der Waals surface area contributed by atoms with Gasteiger partial charge in [0.15, 0.2) is 0 Å². The van der Waals surface area contributed by atoms with Crippen molar-refractivity contribution >= 4 is 11.5 Å². The van der Waals surface area contributed by atoms with Gasteiger partial charge in [-0.05, 0) is 19.4 Å². The Morgan fingerprint density at radius 3 is 2.94 bits per heavy atom. The van der Waals surface area contributed by atoms with E-state index in [4.69, 9.17) is 4.74 Å². The fraction of sp³-hybridized carbons (Fsp3) is 0.615. The molecule has 1 atom stereocenters. The minimum atomic E-state index is 0.349. The average molecular weight is 237 g/mol. The standard InChI is InChI=1S/C13H23N3O/c1-5-7-14-13-9-12(6-8-15-13)16(3)11(2)10-17-4/h6,8-9,11H,5,7,10H2,1-4H3,(H,14,15). The van der Waals surface area contributed by atoms with E-state index < -0.39 is 0 Å². The maximum atomic E-state index is 5.17. The van der Waals surface area contributed by atoms with Crippen LogP contribution in [-0.2, 0) is 4.74 Å². The summed E-state index contributed by atoms with van der Waals surface area (Å²) in [5.74, 6) is 0.931. The van der Waals surface area contributed by atoms with Crippen molar-refractivity contribution in [2.45, 2.75) is 26.3 Å². The predicted octanol–water partition coefficient (Wildman–Crippen LogP) is 2.37. The SMILES string of the molecule is CCCNc1cc(N(C)C(C)COC)ccn1. The van der Waals surface area contributed by atoms with Crippen LogP contribution in [0.2, 0.25) is 0 Å². The summed E-state index contributed by atoms with van der Waals surface area (Å²) in [5.41, 5.74) is 1.16. The summed E-state index contributed by atoms with van der Waals surface area (Å²) in [4.78, 5) is 6.49. The topological polar surface area (TPSA) is 37.4 Å². The second kappa shape index (κ2) is 7.12. The van der Waals surface area contributed by atoms with E-state index in [-0.39, 0.29) is 0 Å². The number of nitrogens with zero attached hydrogens (tertiary/aromatic N) is 2. The molecule has 4 heteroatoms. The molecule has 0 aliphatic heterocycles. The van der Waals surface area contributed by atoms with Gasteiger partial charge in [-0.15, -0.1) is 0 Å². The Labute approximate surface area is 104 Å². The molecule has 4 nitrogen and oxygen atoms in total. The van der Waals surface area contributed by atoms with Crippen molar-refractivity contribution in [2.24, 2.45) is 0 Å². The molecule has 1 unspecified atom stereocenters. The number of hydrogen-bond donors (Lipinski definition) is 1. The van der Waals surface area contributed by atoms with Crippen LogP contribution in [0.4, 0.5) is 11.5 Å². The molecule has 0 saturated carbocycles. The zero-order valence-corrected chi connectivity index (χ0v) is 11.2. The van der Waals surface area contributed by atoms with E-state index in [0.29, 0.717) is 6.04 Å². The average Bonchev–Trinajstić information content (AvgIpc) is 2.36. The van der Waals surface area contributed by atoms with E-state index in [0.717, 1.165) is 31.1 Å². The van der Waals surface area contributed by atoms with Gasteiger partial charge in [-0.25, -0.2) is 4.98 Å². The molecule has 0 saturated heterocycles. The van der Waals surface area contributed by atoms with Gasteiger partial charge in [-0.2, -0.15) is 0 Å². The maximum Gasteiger partial charge on any atom is 0.127 e. The van der Waals surface area contributed by atoms with Crippen LogP contribution in [0.1, 0.15) is 20.3 Å². The minimum Gasteiger partial charge on any atom is -0.383 e. The molecule has 0 spiro atoms. The minimum absolute atomic E-state index is 0.349. The number of rotatable bonds is 7. The van der Waals surface area contributed by atoms with Gasteiger partial charge < -0.3 is 15.0 Å². The van der Waals surface area contributed by atoms with Crippen molar-refractivity contribution in [3.63, 3.8) is 0 Å². The Morgan fingerprint density at radius 2 is 2.29 bits per heavy atom. The summed E-state index contributed by atoms with van der Waals surface area (Å²) in [7, 11) is 3.80. The third kappa shape index (κ3) is 4.23. The van der Waals surface area contributed by atoms with Crippen LogP contribution in [0, 0.1) is 0 Å². The zero-order valence-electron chi connectivity index (χ0n) is 11.2. The number of nitrogens with one attached hydrogen (secondary N) is 1. The van der Waals surface area contributed by atoms with Crippen LogP contribution in [-0.4, -0.2) is 38.3 Å². The molecule has 0 bridgehead atoms. The molecule has 0 amide bonds. The molecule has 96 valence electrons. The molecular formula is C13H23N3O. The van der Waals surface area contributed by atoms with Crippen molar-refractivity contribution in [2.75, 3.05) is 37.5 Å². The lowest BCUT2D eigenvalue weighted by atomic mass is 10.2. The van der Waals surface area contributed by atoms with E-state index >= 15 is 0 Å². The first kappa shape index (κ1) is 13.8. The van der Waals surface area contributed by atoms with Gasteiger partial charge in [0.25, 0.3) is 0 Å². The zero-order chi connectivity index (χ0) is 12.7.